The van der Waals surface area contributed by atoms with Crippen LogP contribution in [-0.2, 0) is 17.8 Å². The van der Waals surface area contributed by atoms with Crippen molar-refractivity contribution < 1.29 is 4.79 Å². The molecule has 2 aliphatic heterocycles. The maximum Gasteiger partial charge on any atom is 0.241 e. The first-order valence-corrected chi connectivity index (χ1v) is 10.9. The van der Waals surface area contributed by atoms with Gasteiger partial charge in [-0.15, -0.1) is 0 Å². The molecule has 0 radical (unpaired) electrons. The minimum atomic E-state index is 0.143. The maximum atomic E-state index is 13.0. The normalized spacial score (nSPS) is 18.5. The van der Waals surface area contributed by atoms with Crippen LogP contribution in [0.3, 0.4) is 0 Å². The van der Waals surface area contributed by atoms with E-state index in [4.69, 9.17) is 9.97 Å². The van der Waals surface area contributed by atoms with Crippen LogP contribution in [-0.4, -0.2) is 61.6 Å². The molecule has 1 N–H and O–H groups in total. The highest BCUT2D eigenvalue weighted by Crippen LogP contribution is 2.27. The molecule has 2 aliphatic rings. The highest BCUT2D eigenvalue weighted by Gasteiger charge is 2.24. The SMILES string of the molecule is CN(CC(=O)N1CCCc2ccccc21)Cc1cc(N(C)C)nc([C@H]2CCCN2)n1. The lowest BCUT2D eigenvalue weighted by atomic mass is 10.0. The molecule has 1 saturated heterocycles. The van der Waals surface area contributed by atoms with Gasteiger partial charge in [0, 0.05) is 38.9 Å². The molecular weight excluding hydrogens is 376 g/mol. The summed E-state index contributed by atoms with van der Waals surface area (Å²) < 4.78 is 0. The van der Waals surface area contributed by atoms with E-state index in [9.17, 15) is 4.79 Å². The van der Waals surface area contributed by atoms with Crippen LogP contribution in [0.25, 0.3) is 0 Å². The molecule has 0 bridgehead atoms. The Hall–Kier alpha value is -2.51. The molecule has 2 aromatic rings. The fourth-order valence-electron chi connectivity index (χ4n) is 4.32. The molecule has 1 amide bonds. The third-order valence-corrected chi connectivity index (χ3v) is 5.86. The third-order valence-electron chi connectivity index (χ3n) is 5.86. The minimum absolute atomic E-state index is 0.143. The first kappa shape index (κ1) is 20.8. The Morgan fingerprint density at radius 1 is 1.20 bits per heavy atom. The van der Waals surface area contributed by atoms with Gasteiger partial charge in [-0.2, -0.15) is 0 Å². The standard InChI is InChI=1S/C23H32N6O/c1-27(2)21-14-18(25-23(26-21)19-10-6-12-24-19)15-28(3)16-22(30)29-13-7-9-17-8-4-5-11-20(17)29/h4-5,8,11,14,19,24H,6-7,9-10,12-13,15-16H2,1-3H3/t19-/m1/s1. The predicted octanol–water partition coefficient (Wildman–Crippen LogP) is 2.38. The first-order valence-electron chi connectivity index (χ1n) is 10.9. The smallest absolute Gasteiger partial charge is 0.241 e. The number of anilines is 2. The zero-order chi connectivity index (χ0) is 21.1. The van der Waals surface area contributed by atoms with Gasteiger partial charge in [-0.05, 0) is 50.9 Å². The molecule has 1 atom stereocenters. The fraction of sp³-hybridized carbons (Fsp3) is 0.522. The van der Waals surface area contributed by atoms with Gasteiger partial charge in [0.05, 0.1) is 18.3 Å². The van der Waals surface area contributed by atoms with Crippen LogP contribution in [0.1, 0.15) is 42.4 Å². The summed E-state index contributed by atoms with van der Waals surface area (Å²) in [6.07, 6.45) is 4.28. The van der Waals surface area contributed by atoms with Crippen LogP contribution in [0.4, 0.5) is 11.5 Å². The zero-order valence-electron chi connectivity index (χ0n) is 18.3. The van der Waals surface area contributed by atoms with Crippen molar-refractivity contribution in [2.45, 2.75) is 38.3 Å². The molecule has 0 spiro atoms. The number of carbonyl (C=O) groups excluding carboxylic acids is 1. The molecule has 1 fully saturated rings. The number of amides is 1. The van der Waals surface area contributed by atoms with Crippen LogP contribution < -0.4 is 15.1 Å². The molecular formula is C23H32N6O. The number of carbonyl (C=O) groups is 1. The lowest BCUT2D eigenvalue weighted by molar-refractivity contribution is -0.119. The van der Waals surface area contributed by atoms with E-state index >= 15 is 0 Å². The largest absolute Gasteiger partial charge is 0.363 e. The molecule has 1 aromatic carbocycles. The van der Waals surface area contributed by atoms with E-state index in [2.05, 4.69) is 17.4 Å². The minimum Gasteiger partial charge on any atom is -0.363 e. The number of para-hydroxylation sites is 1. The molecule has 0 unspecified atom stereocenters. The summed E-state index contributed by atoms with van der Waals surface area (Å²) in [4.78, 5) is 28.6. The number of aryl methyl sites for hydroxylation is 1. The van der Waals surface area contributed by atoms with Crippen LogP contribution in [0.15, 0.2) is 30.3 Å². The van der Waals surface area contributed by atoms with Gasteiger partial charge < -0.3 is 15.1 Å². The summed E-state index contributed by atoms with van der Waals surface area (Å²) in [5.74, 6) is 1.91. The Morgan fingerprint density at radius 3 is 2.80 bits per heavy atom. The molecule has 7 heteroatoms. The Kier molecular flexibility index (Phi) is 6.29. The topological polar surface area (TPSA) is 64.6 Å². The van der Waals surface area contributed by atoms with E-state index in [1.165, 1.54) is 5.56 Å². The van der Waals surface area contributed by atoms with Crippen molar-refractivity contribution >= 4 is 17.4 Å². The van der Waals surface area contributed by atoms with Gasteiger partial charge in [-0.3, -0.25) is 9.69 Å². The molecule has 3 heterocycles. The predicted molar refractivity (Wildman–Crippen MR) is 120 cm³/mol. The fourth-order valence-corrected chi connectivity index (χ4v) is 4.32. The lowest BCUT2D eigenvalue weighted by Crippen LogP contribution is -2.41. The van der Waals surface area contributed by atoms with Crippen molar-refractivity contribution in [3.8, 4) is 0 Å². The van der Waals surface area contributed by atoms with Gasteiger partial charge in [0.2, 0.25) is 5.91 Å². The first-order chi connectivity index (χ1) is 14.5. The molecule has 0 aliphatic carbocycles. The Labute approximate surface area is 179 Å². The number of hydrogen-bond donors (Lipinski definition) is 1. The van der Waals surface area contributed by atoms with E-state index < -0.39 is 0 Å². The molecule has 4 rings (SSSR count). The Bertz CT molecular complexity index is 893. The second-order valence-corrected chi connectivity index (χ2v) is 8.57. The van der Waals surface area contributed by atoms with Crippen molar-refractivity contribution in [2.75, 3.05) is 50.6 Å². The third kappa shape index (κ3) is 4.63. The summed E-state index contributed by atoms with van der Waals surface area (Å²) in [7, 11) is 5.98. The number of likely N-dealkylation sites (N-methyl/N-ethyl adjacent to an activating group) is 1. The van der Waals surface area contributed by atoms with E-state index in [-0.39, 0.29) is 11.9 Å². The van der Waals surface area contributed by atoms with E-state index in [0.29, 0.717) is 13.1 Å². The Balaban J connectivity index is 1.46. The van der Waals surface area contributed by atoms with Crippen LogP contribution in [0, 0.1) is 0 Å². The molecule has 7 nitrogen and oxygen atoms in total. The average molecular weight is 409 g/mol. The second kappa shape index (κ2) is 9.10. The number of hydrogen-bond acceptors (Lipinski definition) is 6. The molecule has 160 valence electrons. The van der Waals surface area contributed by atoms with Crippen molar-refractivity contribution in [1.29, 1.82) is 0 Å². The summed E-state index contributed by atoms with van der Waals surface area (Å²) in [5.41, 5.74) is 3.28. The lowest BCUT2D eigenvalue weighted by Gasteiger charge is -2.31. The van der Waals surface area contributed by atoms with Crippen LogP contribution in [0.2, 0.25) is 0 Å². The van der Waals surface area contributed by atoms with E-state index in [0.717, 1.165) is 61.8 Å². The number of nitrogens with one attached hydrogen (secondary N) is 1. The van der Waals surface area contributed by atoms with Gasteiger partial charge in [-0.1, -0.05) is 18.2 Å². The van der Waals surface area contributed by atoms with Gasteiger partial charge in [0.25, 0.3) is 0 Å². The monoisotopic (exact) mass is 408 g/mol. The van der Waals surface area contributed by atoms with Crippen molar-refractivity contribution in [3.05, 3.63) is 47.4 Å². The van der Waals surface area contributed by atoms with Crippen molar-refractivity contribution in [2.24, 2.45) is 0 Å². The quantitative estimate of drug-likeness (QED) is 0.792. The van der Waals surface area contributed by atoms with Gasteiger partial charge >= 0.3 is 0 Å². The molecule has 1 aromatic heterocycles. The van der Waals surface area contributed by atoms with E-state index in [1.807, 2.05) is 54.0 Å². The average Bonchev–Trinajstić information content (AvgIpc) is 3.28. The second-order valence-electron chi connectivity index (χ2n) is 8.57. The summed E-state index contributed by atoms with van der Waals surface area (Å²) in [6.45, 7) is 2.79. The number of aromatic nitrogens is 2. The summed E-state index contributed by atoms with van der Waals surface area (Å²) in [6, 6.07) is 10.5. The number of rotatable bonds is 6. The van der Waals surface area contributed by atoms with Gasteiger partial charge in [0.1, 0.15) is 11.6 Å². The van der Waals surface area contributed by atoms with Crippen LogP contribution in [0.5, 0.6) is 0 Å². The van der Waals surface area contributed by atoms with E-state index in [1.54, 1.807) is 0 Å². The Morgan fingerprint density at radius 2 is 2.03 bits per heavy atom. The maximum absolute atomic E-state index is 13.0. The van der Waals surface area contributed by atoms with Crippen LogP contribution >= 0.6 is 0 Å². The highest BCUT2D eigenvalue weighted by molar-refractivity contribution is 5.95. The summed E-state index contributed by atoms with van der Waals surface area (Å²) in [5, 5.41) is 3.49. The van der Waals surface area contributed by atoms with Crippen molar-refractivity contribution in [3.63, 3.8) is 0 Å². The zero-order valence-corrected chi connectivity index (χ0v) is 18.3. The number of fused-ring (bicyclic) bond motifs is 1. The summed E-state index contributed by atoms with van der Waals surface area (Å²) >= 11 is 0. The highest BCUT2D eigenvalue weighted by atomic mass is 16.2. The molecule has 30 heavy (non-hydrogen) atoms. The van der Waals surface area contributed by atoms with Gasteiger partial charge in [-0.25, -0.2) is 9.97 Å². The van der Waals surface area contributed by atoms with Gasteiger partial charge in [0.15, 0.2) is 0 Å². The van der Waals surface area contributed by atoms with Crippen molar-refractivity contribution in [1.82, 2.24) is 20.2 Å². The molecule has 0 saturated carbocycles. The number of benzene rings is 1. The number of nitrogens with zero attached hydrogens (tertiary/aromatic N) is 5.